The molecule has 2 rings (SSSR count). The maximum atomic E-state index is 12.8. The summed E-state index contributed by atoms with van der Waals surface area (Å²) in [5.41, 5.74) is 8.28. The molecule has 0 aliphatic heterocycles. The third-order valence-electron chi connectivity index (χ3n) is 4.36. The largest absolute Gasteiger partial charge is 0.338 e. The van der Waals surface area contributed by atoms with Crippen molar-refractivity contribution in [2.75, 3.05) is 7.05 Å². The van der Waals surface area contributed by atoms with Gasteiger partial charge in [-0.2, -0.15) is 0 Å². The summed E-state index contributed by atoms with van der Waals surface area (Å²) >= 11 is 1.65. The number of carbonyl (C=O) groups excluding carboxylic acids is 1. The zero-order valence-corrected chi connectivity index (χ0v) is 15.2. The second-order valence-corrected chi connectivity index (χ2v) is 7.27. The number of rotatable bonds is 5. The minimum Gasteiger partial charge on any atom is -0.338 e. The summed E-state index contributed by atoms with van der Waals surface area (Å²) in [6, 6.07) is 9.47. The number of benzene rings is 1. The highest BCUT2D eigenvalue weighted by atomic mass is 32.1. The van der Waals surface area contributed by atoms with Gasteiger partial charge in [-0.3, -0.25) is 4.79 Å². The molecule has 1 aromatic heterocycles. The Bertz CT molecular complexity index is 668. The maximum Gasteiger partial charge on any atom is 0.227 e. The van der Waals surface area contributed by atoms with Gasteiger partial charge in [0.25, 0.3) is 0 Å². The maximum absolute atomic E-state index is 12.8. The van der Waals surface area contributed by atoms with E-state index in [4.69, 9.17) is 5.73 Å². The third-order valence-corrected chi connectivity index (χ3v) is 5.60. The number of carbonyl (C=O) groups is 1. The van der Waals surface area contributed by atoms with Crippen LogP contribution in [0.1, 0.15) is 47.1 Å². The normalized spacial score (nSPS) is 15.0. The Kier molecular flexibility index (Phi) is 5.55. The van der Waals surface area contributed by atoms with Crippen LogP contribution in [-0.4, -0.2) is 22.8 Å². The average molecular weight is 331 g/mol. The first-order valence-corrected chi connectivity index (χ1v) is 8.65. The topological polar surface area (TPSA) is 59.2 Å². The van der Waals surface area contributed by atoms with Gasteiger partial charge in [0.1, 0.15) is 0 Å². The highest BCUT2D eigenvalue weighted by Crippen LogP contribution is 2.30. The molecule has 4 nitrogen and oxygen atoms in total. The third kappa shape index (κ3) is 3.79. The lowest BCUT2D eigenvalue weighted by molar-refractivity contribution is -0.136. The van der Waals surface area contributed by atoms with Gasteiger partial charge in [-0.15, -0.1) is 11.3 Å². The zero-order chi connectivity index (χ0) is 17.1. The van der Waals surface area contributed by atoms with Crippen molar-refractivity contribution in [1.82, 2.24) is 9.88 Å². The first kappa shape index (κ1) is 17.6. The van der Waals surface area contributed by atoms with Crippen molar-refractivity contribution < 1.29 is 4.79 Å². The van der Waals surface area contributed by atoms with Gasteiger partial charge in [-0.1, -0.05) is 37.3 Å². The van der Waals surface area contributed by atoms with E-state index in [1.807, 2.05) is 65.1 Å². The SMILES string of the molecule is Cc1nc(C)c(C(C)N(C)C(=O)C(C)C(N)c2ccccc2)s1. The molecule has 2 N–H and O–H groups in total. The Morgan fingerprint density at radius 3 is 2.35 bits per heavy atom. The van der Waals surface area contributed by atoms with Gasteiger partial charge < -0.3 is 10.6 Å². The van der Waals surface area contributed by atoms with Crippen LogP contribution in [0.3, 0.4) is 0 Å². The summed E-state index contributed by atoms with van der Waals surface area (Å²) < 4.78 is 0. The van der Waals surface area contributed by atoms with E-state index in [2.05, 4.69) is 4.98 Å². The van der Waals surface area contributed by atoms with Crippen LogP contribution in [-0.2, 0) is 4.79 Å². The Labute approximate surface area is 142 Å². The van der Waals surface area contributed by atoms with E-state index in [-0.39, 0.29) is 23.9 Å². The van der Waals surface area contributed by atoms with E-state index in [1.54, 1.807) is 16.2 Å². The zero-order valence-electron chi connectivity index (χ0n) is 14.4. The summed E-state index contributed by atoms with van der Waals surface area (Å²) in [4.78, 5) is 20.2. The molecule has 0 saturated heterocycles. The Morgan fingerprint density at radius 2 is 1.83 bits per heavy atom. The lowest BCUT2D eigenvalue weighted by atomic mass is 9.94. The van der Waals surface area contributed by atoms with Crippen LogP contribution in [0, 0.1) is 19.8 Å². The predicted molar refractivity (Wildman–Crippen MR) is 95.3 cm³/mol. The summed E-state index contributed by atoms with van der Waals surface area (Å²) in [7, 11) is 1.84. The van der Waals surface area contributed by atoms with Crippen molar-refractivity contribution in [1.29, 1.82) is 0 Å². The molecule has 23 heavy (non-hydrogen) atoms. The lowest BCUT2D eigenvalue weighted by Gasteiger charge is -2.29. The Hall–Kier alpha value is -1.72. The highest BCUT2D eigenvalue weighted by Gasteiger charge is 2.29. The van der Waals surface area contributed by atoms with Crippen LogP contribution in [0.4, 0.5) is 0 Å². The van der Waals surface area contributed by atoms with Gasteiger partial charge in [-0.05, 0) is 26.3 Å². The molecule has 3 atom stereocenters. The number of aryl methyl sites for hydroxylation is 2. The van der Waals surface area contributed by atoms with Gasteiger partial charge >= 0.3 is 0 Å². The molecule has 1 amide bonds. The number of aromatic nitrogens is 1. The van der Waals surface area contributed by atoms with Gasteiger partial charge in [0, 0.05) is 18.0 Å². The van der Waals surface area contributed by atoms with Crippen molar-refractivity contribution in [3.05, 3.63) is 51.5 Å². The second kappa shape index (κ2) is 7.23. The minimum absolute atomic E-state index is 0.000812. The molecule has 5 heteroatoms. The highest BCUT2D eigenvalue weighted by molar-refractivity contribution is 7.11. The van der Waals surface area contributed by atoms with Gasteiger partial charge in [0.15, 0.2) is 0 Å². The summed E-state index contributed by atoms with van der Waals surface area (Å²) in [6.45, 7) is 7.92. The van der Waals surface area contributed by atoms with Gasteiger partial charge in [-0.25, -0.2) is 4.98 Å². The molecule has 1 aromatic carbocycles. The Balaban J connectivity index is 2.14. The van der Waals surface area contributed by atoms with E-state index in [0.717, 1.165) is 21.1 Å². The molecular weight excluding hydrogens is 306 g/mol. The predicted octanol–water partition coefficient (Wildman–Crippen LogP) is 3.62. The number of nitrogens with zero attached hydrogens (tertiary/aromatic N) is 2. The standard InChI is InChI=1S/C18H25N3OS/c1-11(16(19)15-9-7-6-8-10-15)18(22)21(5)13(3)17-12(2)20-14(4)23-17/h6-11,13,16H,19H2,1-5H3. The van der Waals surface area contributed by atoms with Gasteiger partial charge in [0.2, 0.25) is 5.91 Å². The molecule has 2 aromatic rings. The van der Waals surface area contributed by atoms with E-state index >= 15 is 0 Å². The number of nitrogens with two attached hydrogens (primary N) is 1. The second-order valence-electron chi connectivity index (χ2n) is 6.03. The van der Waals surface area contributed by atoms with Gasteiger partial charge in [0.05, 0.1) is 22.7 Å². The summed E-state index contributed by atoms with van der Waals surface area (Å²) in [5.74, 6) is -0.224. The molecule has 124 valence electrons. The number of hydrogen-bond donors (Lipinski definition) is 1. The van der Waals surface area contributed by atoms with Crippen LogP contribution in [0.2, 0.25) is 0 Å². The molecular formula is C18H25N3OS. The summed E-state index contributed by atoms with van der Waals surface area (Å²) in [6.07, 6.45) is 0. The first-order valence-electron chi connectivity index (χ1n) is 7.84. The van der Waals surface area contributed by atoms with E-state index in [9.17, 15) is 4.79 Å². The van der Waals surface area contributed by atoms with Crippen LogP contribution in [0.25, 0.3) is 0 Å². The van der Waals surface area contributed by atoms with E-state index < -0.39 is 0 Å². The lowest BCUT2D eigenvalue weighted by Crippen LogP contribution is -2.38. The number of hydrogen-bond acceptors (Lipinski definition) is 4. The summed E-state index contributed by atoms with van der Waals surface area (Å²) in [5, 5.41) is 1.03. The fourth-order valence-corrected chi connectivity index (χ4v) is 3.76. The van der Waals surface area contributed by atoms with Crippen molar-refractivity contribution >= 4 is 17.2 Å². The monoisotopic (exact) mass is 331 g/mol. The van der Waals surface area contributed by atoms with E-state index in [1.165, 1.54) is 0 Å². The quantitative estimate of drug-likeness (QED) is 0.910. The molecule has 0 fully saturated rings. The molecule has 3 unspecified atom stereocenters. The first-order chi connectivity index (χ1) is 10.8. The van der Waals surface area contributed by atoms with Crippen molar-refractivity contribution in [3.8, 4) is 0 Å². The fourth-order valence-electron chi connectivity index (χ4n) is 2.74. The smallest absolute Gasteiger partial charge is 0.227 e. The van der Waals surface area contributed by atoms with Crippen LogP contribution in [0.15, 0.2) is 30.3 Å². The number of thiazole rings is 1. The molecule has 0 bridgehead atoms. The van der Waals surface area contributed by atoms with Crippen LogP contribution < -0.4 is 5.73 Å². The van der Waals surface area contributed by atoms with Crippen molar-refractivity contribution in [3.63, 3.8) is 0 Å². The minimum atomic E-state index is -0.303. The Morgan fingerprint density at radius 1 is 1.22 bits per heavy atom. The molecule has 0 aliphatic carbocycles. The molecule has 0 aliphatic rings. The molecule has 1 heterocycles. The fraction of sp³-hybridized carbons (Fsp3) is 0.444. The van der Waals surface area contributed by atoms with E-state index in [0.29, 0.717) is 0 Å². The van der Waals surface area contributed by atoms with Crippen molar-refractivity contribution in [2.24, 2.45) is 11.7 Å². The molecule has 0 radical (unpaired) electrons. The van der Waals surface area contributed by atoms with Crippen LogP contribution >= 0.6 is 11.3 Å². The molecule has 0 spiro atoms. The average Bonchev–Trinajstić information content (AvgIpc) is 2.90. The number of amides is 1. The molecule has 0 saturated carbocycles. The van der Waals surface area contributed by atoms with Crippen molar-refractivity contribution in [2.45, 2.75) is 39.8 Å². The van der Waals surface area contributed by atoms with Crippen LogP contribution in [0.5, 0.6) is 0 Å².